The van der Waals surface area contributed by atoms with Crippen molar-refractivity contribution in [3.05, 3.63) is 70.0 Å². The Morgan fingerprint density at radius 1 is 1.19 bits per heavy atom. The molecule has 2 N–H and O–H groups in total. The first-order valence-electron chi connectivity index (χ1n) is 8.55. The molecule has 1 aromatic heterocycles. The molecule has 0 radical (unpaired) electrons. The van der Waals surface area contributed by atoms with Gasteiger partial charge in [-0.1, -0.05) is 28.1 Å². The molecule has 0 aliphatic rings. The molecule has 140 valence electrons. The van der Waals surface area contributed by atoms with Gasteiger partial charge in [0.15, 0.2) is 11.5 Å². The summed E-state index contributed by atoms with van der Waals surface area (Å²) in [6.45, 7) is 4.81. The van der Waals surface area contributed by atoms with Crippen molar-refractivity contribution < 1.29 is 9.47 Å². The van der Waals surface area contributed by atoms with Gasteiger partial charge in [0.05, 0.1) is 24.7 Å². The van der Waals surface area contributed by atoms with Crippen LogP contribution in [0.3, 0.4) is 0 Å². The highest BCUT2D eigenvalue weighted by molar-refractivity contribution is 9.10. The summed E-state index contributed by atoms with van der Waals surface area (Å²) >= 11 is 3.47. The maximum Gasteiger partial charge on any atom is 0.221 e. The number of imidazole rings is 1. The first-order chi connectivity index (χ1) is 13.0. The zero-order valence-electron chi connectivity index (χ0n) is 15.2. The van der Waals surface area contributed by atoms with Crippen LogP contribution in [0.5, 0.6) is 11.5 Å². The molecule has 7 heteroatoms. The minimum Gasteiger partial charge on any atom is -0.490 e. The number of nitrogen functional groups attached to an aromatic ring is 1. The predicted octanol–water partition coefficient (Wildman–Crippen LogP) is 4.40. The van der Waals surface area contributed by atoms with Crippen molar-refractivity contribution in [2.45, 2.75) is 20.5 Å². The van der Waals surface area contributed by atoms with Gasteiger partial charge in [0.25, 0.3) is 0 Å². The van der Waals surface area contributed by atoms with Gasteiger partial charge < -0.3 is 15.2 Å². The molecular weight excluding hydrogens is 408 g/mol. The van der Waals surface area contributed by atoms with E-state index in [0.717, 1.165) is 21.3 Å². The second-order valence-corrected chi connectivity index (χ2v) is 6.80. The second-order valence-electron chi connectivity index (χ2n) is 5.89. The van der Waals surface area contributed by atoms with Crippen LogP contribution in [0.1, 0.15) is 23.7 Å². The molecule has 0 amide bonds. The Kier molecular flexibility index (Phi) is 6.13. The van der Waals surface area contributed by atoms with Gasteiger partial charge in [0, 0.05) is 4.47 Å². The van der Waals surface area contributed by atoms with Gasteiger partial charge in [0.1, 0.15) is 6.61 Å². The molecule has 0 bridgehead atoms. The van der Waals surface area contributed by atoms with Crippen LogP contribution in [0, 0.1) is 6.92 Å². The Hall–Kier alpha value is -2.80. The summed E-state index contributed by atoms with van der Waals surface area (Å²) in [5.74, 6) is 1.71. The third-order valence-electron chi connectivity index (χ3n) is 3.72. The fourth-order valence-corrected chi connectivity index (χ4v) is 2.95. The van der Waals surface area contributed by atoms with Gasteiger partial charge in [-0.15, -0.1) is 0 Å². The van der Waals surface area contributed by atoms with Crippen molar-refractivity contribution in [1.29, 1.82) is 0 Å². The molecule has 0 fully saturated rings. The lowest BCUT2D eigenvalue weighted by molar-refractivity contribution is 0.269. The second kappa shape index (κ2) is 8.73. The molecule has 0 unspecified atom stereocenters. The molecule has 0 saturated heterocycles. The van der Waals surface area contributed by atoms with E-state index in [0.29, 0.717) is 30.7 Å². The molecule has 2 aromatic carbocycles. The zero-order valence-corrected chi connectivity index (χ0v) is 16.8. The number of ether oxygens (including phenoxy) is 2. The van der Waals surface area contributed by atoms with Crippen LogP contribution in [-0.2, 0) is 6.61 Å². The van der Waals surface area contributed by atoms with Crippen LogP contribution >= 0.6 is 15.9 Å². The van der Waals surface area contributed by atoms with Crippen LogP contribution in [-0.4, -0.2) is 22.5 Å². The Balaban J connectivity index is 1.76. The number of anilines is 1. The Labute approximate surface area is 166 Å². The lowest BCUT2D eigenvalue weighted by Crippen LogP contribution is -2.01. The summed E-state index contributed by atoms with van der Waals surface area (Å²) in [6, 6.07) is 13.7. The maximum atomic E-state index is 5.95. The minimum atomic E-state index is 0.350. The van der Waals surface area contributed by atoms with Crippen LogP contribution < -0.4 is 15.2 Å². The van der Waals surface area contributed by atoms with Crippen LogP contribution in [0.4, 0.5) is 5.95 Å². The third-order valence-corrected chi connectivity index (χ3v) is 4.21. The monoisotopic (exact) mass is 428 g/mol. The summed E-state index contributed by atoms with van der Waals surface area (Å²) in [5, 5.41) is 4.33. The van der Waals surface area contributed by atoms with Crippen molar-refractivity contribution in [3.63, 3.8) is 0 Å². The van der Waals surface area contributed by atoms with E-state index in [2.05, 4.69) is 26.0 Å². The van der Waals surface area contributed by atoms with E-state index in [4.69, 9.17) is 15.2 Å². The van der Waals surface area contributed by atoms with Gasteiger partial charge in [-0.3, -0.25) is 0 Å². The fraction of sp³-hybridized carbons (Fsp3) is 0.200. The number of hydrogen-bond acceptors (Lipinski definition) is 5. The smallest absolute Gasteiger partial charge is 0.221 e. The molecule has 3 aromatic rings. The fourth-order valence-electron chi connectivity index (χ4n) is 2.51. The molecule has 1 heterocycles. The standard InChI is InChI=1S/C20H21BrN4O2/c1-3-26-19-10-15(11-23-25-12-14(2)24-20(25)22)7-8-18(19)27-13-16-5-4-6-17(21)9-16/h4-12H,3,13H2,1-2H3,(H2,22,24). The molecule has 0 aliphatic carbocycles. The van der Waals surface area contributed by atoms with Gasteiger partial charge in [-0.25, -0.2) is 9.66 Å². The molecular formula is C20H21BrN4O2. The van der Waals surface area contributed by atoms with Crippen molar-refractivity contribution in [2.24, 2.45) is 5.10 Å². The van der Waals surface area contributed by atoms with E-state index < -0.39 is 0 Å². The number of hydrogen-bond donors (Lipinski definition) is 1. The summed E-state index contributed by atoms with van der Waals surface area (Å²) in [6.07, 6.45) is 3.48. The minimum absolute atomic E-state index is 0.350. The average Bonchev–Trinajstić information content (AvgIpc) is 2.97. The van der Waals surface area contributed by atoms with E-state index in [1.807, 2.05) is 56.3 Å². The van der Waals surface area contributed by atoms with Crippen molar-refractivity contribution >= 4 is 28.1 Å². The molecule has 3 rings (SSSR count). The van der Waals surface area contributed by atoms with E-state index in [1.165, 1.54) is 4.68 Å². The number of nitrogens with two attached hydrogens (primary N) is 1. The van der Waals surface area contributed by atoms with Crippen LogP contribution in [0.25, 0.3) is 0 Å². The maximum absolute atomic E-state index is 5.95. The molecule has 27 heavy (non-hydrogen) atoms. The molecule has 0 saturated carbocycles. The van der Waals surface area contributed by atoms with Crippen LogP contribution in [0.15, 0.2) is 58.2 Å². The molecule has 0 spiro atoms. The number of aromatic nitrogens is 2. The number of nitrogens with zero attached hydrogens (tertiary/aromatic N) is 3. The number of benzene rings is 2. The number of aryl methyl sites for hydroxylation is 1. The van der Waals surface area contributed by atoms with Gasteiger partial charge in [-0.2, -0.15) is 5.10 Å². The average molecular weight is 429 g/mol. The number of rotatable bonds is 7. The van der Waals surface area contributed by atoms with Gasteiger partial charge in [0.2, 0.25) is 5.95 Å². The molecule has 0 aliphatic heterocycles. The molecule has 0 atom stereocenters. The normalized spacial score (nSPS) is 11.1. The molecule has 6 nitrogen and oxygen atoms in total. The Morgan fingerprint density at radius 2 is 2.04 bits per heavy atom. The lowest BCUT2D eigenvalue weighted by atomic mass is 10.2. The summed E-state index contributed by atoms with van der Waals surface area (Å²) in [4.78, 5) is 4.12. The highest BCUT2D eigenvalue weighted by Gasteiger charge is 2.07. The van der Waals surface area contributed by atoms with E-state index in [-0.39, 0.29) is 0 Å². The predicted molar refractivity (Wildman–Crippen MR) is 110 cm³/mol. The first kappa shape index (κ1) is 19.0. The first-order valence-corrected chi connectivity index (χ1v) is 9.34. The van der Waals surface area contributed by atoms with E-state index in [1.54, 1.807) is 12.4 Å². The highest BCUT2D eigenvalue weighted by atomic mass is 79.9. The quantitative estimate of drug-likeness (QED) is 0.565. The van der Waals surface area contributed by atoms with Gasteiger partial charge in [-0.05, 0) is 55.3 Å². The Bertz CT molecular complexity index is 953. The van der Waals surface area contributed by atoms with Crippen molar-refractivity contribution in [1.82, 2.24) is 9.66 Å². The largest absolute Gasteiger partial charge is 0.490 e. The van der Waals surface area contributed by atoms with E-state index in [9.17, 15) is 0 Å². The summed E-state index contributed by atoms with van der Waals surface area (Å²) in [5.41, 5.74) is 8.57. The number of halogens is 1. The van der Waals surface area contributed by atoms with Crippen molar-refractivity contribution in [2.75, 3.05) is 12.3 Å². The highest BCUT2D eigenvalue weighted by Crippen LogP contribution is 2.29. The SMILES string of the molecule is CCOc1cc(C=Nn2cc(C)nc2N)ccc1OCc1cccc(Br)c1. The lowest BCUT2D eigenvalue weighted by Gasteiger charge is -2.13. The van der Waals surface area contributed by atoms with Crippen molar-refractivity contribution in [3.8, 4) is 11.5 Å². The third kappa shape index (κ3) is 5.10. The van der Waals surface area contributed by atoms with E-state index >= 15 is 0 Å². The van der Waals surface area contributed by atoms with Crippen LogP contribution in [0.2, 0.25) is 0 Å². The Morgan fingerprint density at radius 3 is 2.74 bits per heavy atom. The summed E-state index contributed by atoms with van der Waals surface area (Å²) in [7, 11) is 0. The zero-order chi connectivity index (χ0) is 19.2. The summed E-state index contributed by atoms with van der Waals surface area (Å²) < 4.78 is 14.2. The topological polar surface area (TPSA) is 74.7 Å². The van der Waals surface area contributed by atoms with Gasteiger partial charge >= 0.3 is 0 Å².